The maximum Gasteiger partial charge on any atom is 0.191 e. The summed E-state index contributed by atoms with van der Waals surface area (Å²) in [6.07, 6.45) is 8.60. The van der Waals surface area contributed by atoms with Gasteiger partial charge in [0.1, 0.15) is 6.10 Å². The van der Waals surface area contributed by atoms with Crippen LogP contribution in [0, 0.1) is 5.92 Å². The van der Waals surface area contributed by atoms with Gasteiger partial charge in [-0.3, -0.25) is 4.79 Å². The Morgan fingerprint density at radius 2 is 1.60 bits per heavy atom. The first-order chi connectivity index (χ1) is 9.75. The lowest BCUT2D eigenvalue weighted by atomic mass is 9.79. The third-order valence-electron chi connectivity index (χ3n) is 5.14. The first-order valence-electron chi connectivity index (χ1n) is 8.08. The van der Waals surface area contributed by atoms with E-state index in [1.54, 1.807) is 0 Å². The van der Waals surface area contributed by atoms with Crippen molar-refractivity contribution in [1.29, 1.82) is 0 Å². The SMILES string of the molecule is O=C(c1ccc(C2CCC2)cc1)C(O)C1CCCCC1. The molecule has 0 aromatic heterocycles. The van der Waals surface area contributed by atoms with Crippen molar-refractivity contribution in [2.45, 2.75) is 63.4 Å². The molecule has 20 heavy (non-hydrogen) atoms. The molecule has 0 saturated heterocycles. The highest BCUT2D eigenvalue weighted by Gasteiger charge is 2.28. The highest BCUT2D eigenvalue weighted by molar-refractivity contribution is 5.99. The second-order valence-corrected chi connectivity index (χ2v) is 6.46. The predicted octanol–water partition coefficient (Wildman–Crippen LogP) is 4.08. The standard InChI is InChI=1S/C18H24O2/c19-17(15-5-2-1-3-6-15)18(20)16-11-9-14(10-12-16)13-7-4-8-13/h9-13,15,17,19H,1-8H2. The maximum absolute atomic E-state index is 12.4. The fourth-order valence-electron chi connectivity index (χ4n) is 3.50. The van der Waals surface area contributed by atoms with Crippen molar-refractivity contribution in [1.82, 2.24) is 0 Å². The second kappa shape index (κ2) is 6.09. The van der Waals surface area contributed by atoms with Crippen molar-refractivity contribution in [3.05, 3.63) is 35.4 Å². The molecule has 0 heterocycles. The number of hydrogen-bond donors (Lipinski definition) is 1. The fraction of sp³-hybridized carbons (Fsp3) is 0.611. The molecule has 0 spiro atoms. The smallest absolute Gasteiger partial charge is 0.191 e. The monoisotopic (exact) mass is 272 g/mol. The third-order valence-corrected chi connectivity index (χ3v) is 5.14. The fourth-order valence-corrected chi connectivity index (χ4v) is 3.50. The number of Topliss-reactive ketones (excluding diaryl/α,β-unsaturated/α-hetero) is 1. The van der Waals surface area contributed by atoms with Gasteiger partial charge in [0.25, 0.3) is 0 Å². The van der Waals surface area contributed by atoms with Crippen LogP contribution in [-0.2, 0) is 0 Å². The van der Waals surface area contributed by atoms with E-state index >= 15 is 0 Å². The summed E-state index contributed by atoms with van der Waals surface area (Å²) >= 11 is 0. The topological polar surface area (TPSA) is 37.3 Å². The Balaban J connectivity index is 1.66. The molecule has 1 aromatic rings. The van der Waals surface area contributed by atoms with Gasteiger partial charge in [-0.25, -0.2) is 0 Å². The largest absolute Gasteiger partial charge is 0.385 e. The first kappa shape index (κ1) is 13.8. The molecule has 1 atom stereocenters. The molecule has 1 N–H and O–H groups in total. The molecule has 1 unspecified atom stereocenters. The van der Waals surface area contributed by atoms with E-state index in [0.29, 0.717) is 11.5 Å². The van der Waals surface area contributed by atoms with Gasteiger partial charge in [-0.15, -0.1) is 0 Å². The van der Waals surface area contributed by atoms with E-state index in [9.17, 15) is 9.90 Å². The van der Waals surface area contributed by atoms with Gasteiger partial charge in [-0.05, 0) is 43.1 Å². The summed E-state index contributed by atoms with van der Waals surface area (Å²) in [4.78, 5) is 12.4. The Kier molecular flexibility index (Phi) is 4.21. The van der Waals surface area contributed by atoms with Crippen LogP contribution in [0.3, 0.4) is 0 Å². The molecule has 108 valence electrons. The van der Waals surface area contributed by atoms with Gasteiger partial charge in [0.05, 0.1) is 0 Å². The molecular formula is C18H24O2. The van der Waals surface area contributed by atoms with Crippen LogP contribution in [0.2, 0.25) is 0 Å². The summed E-state index contributed by atoms with van der Waals surface area (Å²) < 4.78 is 0. The molecule has 0 bridgehead atoms. The van der Waals surface area contributed by atoms with Crippen molar-refractivity contribution in [3.8, 4) is 0 Å². The average Bonchev–Trinajstić information content (AvgIpc) is 2.46. The molecule has 2 aliphatic carbocycles. The van der Waals surface area contributed by atoms with Crippen LogP contribution in [0.5, 0.6) is 0 Å². The number of hydrogen-bond acceptors (Lipinski definition) is 2. The Labute approximate surface area is 121 Å². The second-order valence-electron chi connectivity index (χ2n) is 6.46. The minimum absolute atomic E-state index is 0.0861. The van der Waals surface area contributed by atoms with Gasteiger partial charge in [0, 0.05) is 5.56 Å². The lowest BCUT2D eigenvalue weighted by molar-refractivity contribution is 0.0534. The Bertz CT molecular complexity index is 453. The summed E-state index contributed by atoms with van der Waals surface area (Å²) in [6, 6.07) is 7.96. The van der Waals surface area contributed by atoms with Crippen LogP contribution >= 0.6 is 0 Å². The summed E-state index contributed by atoms with van der Waals surface area (Å²) in [5, 5.41) is 10.3. The zero-order valence-electron chi connectivity index (χ0n) is 12.1. The number of rotatable bonds is 4. The molecule has 2 saturated carbocycles. The van der Waals surface area contributed by atoms with Crippen LogP contribution in [0.25, 0.3) is 0 Å². The number of aliphatic hydroxyl groups excluding tert-OH is 1. The summed E-state index contributed by atoms with van der Waals surface area (Å²) in [5.41, 5.74) is 2.02. The lowest BCUT2D eigenvalue weighted by Crippen LogP contribution is -2.31. The quantitative estimate of drug-likeness (QED) is 0.839. The molecule has 0 amide bonds. The highest BCUT2D eigenvalue weighted by atomic mass is 16.3. The van der Waals surface area contributed by atoms with Crippen LogP contribution in [0.15, 0.2) is 24.3 Å². The van der Waals surface area contributed by atoms with Crippen molar-refractivity contribution >= 4 is 5.78 Å². The van der Waals surface area contributed by atoms with Crippen molar-refractivity contribution < 1.29 is 9.90 Å². The number of ketones is 1. The van der Waals surface area contributed by atoms with E-state index in [-0.39, 0.29) is 11.7 Å². The molecule has 2 aliphatic rings. The van der Waals surface area contributed by atoms with Gasteiger partial charge in [0.2, 0.25) is 0 Å². The van der Waals surface area contributed by atoms with Gasteiger partial charge < -0.3 is 5.11 Å². The van der Waals surface area contributed by atoms with E-state index in [0.717, 1.165) is 25.7 Å². The minimum atomic E-state index is -0.801. The average molecular weight is 272 g/mol. The molecule has 1 aromatic carbocycles. The van der Waals surface area contributed by atoms with E-state index in [4.69, 9.17) is 0 Å². The number of carbonyl (C=O) groups excluding carboxylic acids is 1. The molecule has 0 aliphatic heterocycles. The zero-order valence-corrected chi connectivity index (χ0v) is 12.1. The number of carbonyl (C=O) groups is 1. The van der Waals surface area contributed by atoms with Crippen LogP contribution in [0.1, 0.15) is 73.2 Å². The van der Waals surface area contributed by atoms with E-state index < -0.39 is 6.10 Å². The predicted molar refractivity (Wildman–Crippen MR) is 79.9 cm³/mol. The van der Waals surface area contributed by atoms with E-state index in [1.807, 2.05) is 12.1 Å². The Hall–Kier alpha value is -1.15. The molecule has 2 heteroatoms. The summed E-state index contributed by atoms with van der Waals surface area (Å²) in [7, 11) is 0. The molecular weight excluding hydrogens is 248 g/mol. The number of benzene rings is 1. The van der Waals surface area contributed by atoms with E-state index in [2.05, 4.69) is 12.1 Å². The summed E-state index contributed by atoms with van der Waals surface area (Å²) in [5.74, 6) is 0.780. The van der Waals surface area contributed by atoms with Crippen LogP contribution in [0.4, 0.5) is 0 Å². The highest BCUT2D eigenvalue weighted by Crippen LogP contribution is 2.36. The molecule has 2 fully saturated rings. The van der Waals surface area contributed by atoms with Crippen molar-refractivity contribution in [2.75, 3.05) is 0 Å². The Morgan fingerprint density at radius 1 is 0.950 bits per heavy atom. The van der Waals surface area contributed by atoms with Gasteiger partial charge in [-0.2, -0.15) is 0 Å². The summed E-state index contributed by atoms with van der Waals surface area (Å²) in [6.45, 7) is 0. The maximum atomic E-state index is 12.4. The van der Waals surface area contributed by atoms with Crippen LogP contribution in [-0.4, -0.2) is 17.0 Å². The van der Waals surface area contributed by atoms with Crippen molar-refractivity contribution in [2.24, 2.45) is 5.92 Å². The number of aliphatic hydroxyl groups is 1. The third kappa shape index (κ3) is 2.80. The normalized spacial score (nSPS) is 22.2. The minimum Gasteiger partial charge on any atom is -0.385 e. The van der Waals surface area contributed by atoms with Gasteiger partial charge >= 0.3 is 0 Å². The lowest BCUT2D eigenvalue weighted by Gasteiger charge is -2.27. The zero-order chi connectivity index (χ0) is 13.9. The molecule has 0 radical (unpaired) electrons. The Morgan fingerprint density at radius 3 is 2.15 bits per heavy atom. The molecule has 3 rings (SSSR count). The molecule has 2 nitrogen and oxygen atoms in total. The van der Waals surface area contributed by atoms with Gasteiger partial charge in [-0.1, -0.05) is 49.9 Å². The van der Waals surface area contributed by atoms with Crippen molar-refractivity contribution in [3.63, 3.8) is 0 Å². The van der Waals surface area contributed by atoms with Crippen LogP contribution < -0.4 is 0 Å². The first-order valence-corrected chi connectivity index (χ1v) is 8.08. The van der Waals surface area contributed by atoms with E-state index in [1.165, 1.54) is 31.2 Å². The van der Waals surface area contributed by atoms with Gasteiger partial charge in [0.15, 0.2) is 5.78 Å².